The van der Waals surface area contributed by atoms with Crippen LogP contribution in [-0.2, 0) is 14.3 Å². The fourth-order valence-electron chi connectivity index (χ4n) is 2.29. The van der Waals surface area contributed by atoms with E-state index in [-0.39, 0.29) is 30.0 Å². The normalized spacial score (nSPS) is 17.4. The Bertz CT molecular complexity index is 650. The zero-order chi connectivity index (χ0) is 16.7. The van der Waals surface area contributed by atoms with Gasteiger partial charge in [0.1, 0.15) is 0 Å². The Kier molecular flexibility index (Phi) is 6.24. The van der Waals surface area contributed by atoms with Crippen molar-refractivity contribution in [3.05, 3.63) is 46.5 Å². The van der Waals surface area contributed by atoms with Crippen LogP contribution < -0.4 is 5.32 Å². The number of nitrogens with one attached hydrogen (secondary N) is 1. The molecule has 6 heteroatoms. The van der Waals surface area contributed by atoms with Crippen molar-refractivity contribution in [2.75, 3.05) is 12.4 Å². The Morgan fingerprint density at radius 1 is 1.43 bits per heavy atom. The van der Waals surface area contributed by atoms with Gasteiger partial charge in [-0.05, 0) is 12.0 Å². The molecule has 0 bridgehead atoms. The van der Waals surface area contributed by atoms with Crippen molar-refractivity contribution in [2.24, 2.45) is 0 Å². The number of hydrogen-bond acceptors (Lipinski definition) is 5. The van der Waals surface area contributed by atoms with E-state index in [1.54, 1.807) is 0 Å². The topological polar surface area (TPSA) is 79.2 Å². The Morgan fingerprint density at radius 2 is 2.17 bits per heavy atom. The summed E-state index contributed by atoms with van der Waals surface area (Å²) in [5, 5.41) is 12.6. The lowest BCUT2D eigenvalue weighted by Gasteiger charge is -2.24. The van der Waals surface area contributed by atoms with Crippen LogP contribution in [0.25, 0.3) is 0 Å². The molecule has 1 aromatic carbocycles. The lowest BCUT2D eigenvalue weighted by atomic mass is 9.87. The first-order valence-electron chi connectivity index (χ1n) is 7.43. The first kappa shape index (κ1) is 17.1. The van der Waals surface area contributed by atoms with Gasteiger partial charge in [0.25, 0.3) is 0 Å². The zero-order valence-corrected chi connectivity index (χ0v) is 13.7. The second kappa shape index (κ2) is 8.39. The maximum Gasteiger partial charge on any atom is 0.316 e. The molecule has 2 rings (SSSR count). The highest BCUT2D eigenvalue weighted by Gasteiger charge is 2.29. The molecule has 1 amide bonds. The van der Waals surface area contributed by atoms with E-state index in [2.05, 4.69) is 11.4 Å². The van der Waals surface area contributed by atoms with E-state index in [1.807, 2.05) is 37.3 Å². The van der Waals surface area contributed by atoms with Crippen LogP contribution in [0.3, 0.4) is 0 Å². The lowest BCUT2D eigenvalue weighted by Crippen LogP contribution is -2.31. The van der Waals surface area contributed by atoms with E-state index in [1.165, 1.54) is 0 Å². The van der Waals surface area contributed by atoms with Crippen molar-refractivity contribution < 1.29 is 14.3 Å². The van der Waals surface area contributed by atoms with Gasteiger partial charge in [0, 0.05) is 12.3 Å². The van der Waals surface area contributed by atoms with Crippen molar-refractivity contribution in [3.63, 3.8) is 0 Å². The van der Waals surface area contributed by atoms with E-state index in [4.69, 9.17) is 4.74 Å². The van der Waals surface area contributed by atoms with Gasteiger partial charge < -0.3 is 10.1 Å². The number of amides is 1. The molecule has 1 atom stereocenters. The van der Waals surface area contributed by atoms with E-state index in [0.717, 1.165) is 23.7 Å². The van der Waals surface area contributed by atoms with Gasteiger partial charge in [-0.15, -0.1) is 0 Å². The molecule has 0 spiro atoms. The molecule has 0 fully saturated rings. The number of carbonyl (C=O) groups is 2. The van der Waals surface area contributed by atoms with Crippen LogP contribution in [-0.4, -0.2) is 24.2 Å². The number of rotatable bonds is 6. The number of allylic oxidation sites excluding steroid dienone is 1. The first-order chi connectivity index (χ1) is 11.2. The van der Waals surface area contributed by atoms with Crippen LogP contribution in [0, 0.1) is 11.3 Å². The third kappa shape index (κ3) is 4.60. The van der Waals surface area contributed by atoms with Crippen molar-refractivity contribution >= 4 is 23.6 Å². The van der Waals surface area contributed by atoms with Gasteiger partial charge in [-0.2, -0.15) is 5.26 Å². The summed E-state index contributed by atoms with van der Waals surface area (Å²) in [6.45, 7) is 2.30. The van der Waals surface area contributed by atoms with Gasteiger partial charge in [-0.3, -0.25) is 9.59 Å². The summed E-state index contributed by atoms with van der Waals surface area (Å²) in [4.78, 5) is 23.6. The Balaban J connectivity index is 2.17. The maximum atomic E-state index is 12.0. The summed E-state index contributed by atoms with van der Waals surface area (Å²) in [6.07, 6.45) is 0.993. The summed E-state index contributed by atoms with van der Waals surface area (Å²) < 4.78 is 5.01. The second-order valence-corrected chi connectivity index (χ2v) is 6.06. The van der Waals surface area contributed by atoms with Crippen LogP contribution in [0.4, 0.5) is 0 Å². The van der Waals surface area contributed by atoms with E-state index in [0.29, 0.717) is 17.2 Å². The van der Waals surface area contributed by atoms with Gasteiger partial charge in [0.2, 0.25) is 5.91 Å². The standard InChI is InChI=1S/C17H18N2O3S/c1-2-8-22-16(21)11-23-17-14(10-18)13(9-15(20)19-17)12-6-4-3-5-7-12/h3-7,13H,2,8-9,11H2,1H3,(H,19,20)/t13-/m1/s1. The summed E-state index contributed by atoms with van der Waals surface area (Å²) in [7, 11) is 0. The smallest absolute Gasteiger partial charge is 0.316 e. The summed E-state index contributed by atoms with van der Waals surface area (Å²) in [5.41, 5.74) is 1.41. The minimum absolute atomic E-state index is 0.0717. The number of benzene rings is 1. The summed E-state index contributed by atoms with van der Waals surface area (Å²) >= 11 is 1.14. The molecule has 0 unspecified atom stereocenters. The highest BCUT2D eigenvalue weighted by atomic mass is 32.2. The number of nitriles is 1. The van der Waals surface area contributed by atoms with Gasteiger partial charge in [-0.1, -0.05) is 49.0 Å². The number of ether oxygens (including phenoxy) is 1. The van der Waals surface area contributed by atoms with E-state index < -0.39 is 0 Å². The van der Waals surface area contributed by atoms with Gasteiger partial charge >= 0.3 is 5.97 Å². The number of carbonyl (C=O) groups excluding carboxylic acids is 2. The number of esters is 1. The number of thioether (sulfide) groups is 1. The second-order valence-electron chi connectivity index (χ2n) is 5.08. The zero-order valence-electron chi connectivity index (χ0n) is 12.9. The molecular weight excluding hydrogens is 312 g/mol. The summed E-state index contributed by atoms with van der Waals surface area (Å²) in [6, 6.07) is 11.6. The highest BCUT2D eigenvalue weighted by molar-refractivity contribution is 8.03. The minimum Gasteiger partial charge on any atom is -0.465 e. The molecular formula is C17H18N2O3S. The quantitative estimate of drug-likeness (QED) is 0.811. The van der Waals surface area contributed by atoms with Gasteiger partial charge in [0.05, 0.1) is 29.0 Å². The van der Waals surface area contributed by atoms with Crippen LogP contribution in [0.2, 0.25) is 0 Å². The van der Waals surface area contributed by atoms with Gasteiger partial charge in [-0.25, -0.2) is 0 Å². The predicted molar refractivity (Wildman–Crippen MR) is 88.3 cm³/mol. The van der Waals surface area contributed by atoms with Crippen LogP contribution in [0.15, 0.2) is 40.9 Å². The minimum atomic E-state index is -0.349. The van der Waals surface area contributed by atoms with E-state index in [9.17, 15) is 14.9 Å². The largest absolute Gasteiger partial charge is 0.465 e. The van der Waals surface area contributed by atoms with Crippen molar-refractivity contribution in [3.8, 4) is 6.07 Å². The molecule has 0 aliphatic carbocycles. The molecule has 0 aromatic heterocycles. The maximum absolute atomic E-state index is 12.0. The predicted octanol–water partition coefficient (Wildman–Crippen LogP) is 2.71. The Hall–Kier alpha value is -2.26. The molecule has 1 heterocycles. The third-order valence-electron chi connectivity index (χ3n) is 3.36. The van der Waals surface area contributed by atoms with Gasteiger partial charge in [0.15, 0.2) is 0 Å². The summed E-state index contributed by atoms with van der Waals surface area (Å²) in [5.74, 6) is -0.702. The van der Waals surface area contributed by atoms with Crippen LogP contribution in [0.1, 0.15) is 31.2 Å². The first-order valence-corrected chi connectivity index (χ1v) is 8.41. The molecule has 1 aliphatic rings. The van der Waals surface area contributed by atoms with Crippen molar-refractivity contribution in [1.29, 1.82) is 5.26 Å². The molecule has 0 radical (unpaired) electrons. The van der Waals surface area contributed by atoms with Crippen molar-refractivity contribution in [1.82, 2.24) is 5.32 Å². The Morgan fingerprint density at radius 3 is 2.83 bits per heavy atom. The van der Waals surface area contributed by atoms with Crippen LogP contribution >= 0.6 is 11.8 Å². The number of nitrogens with zero attached hydrogens (tertiary/aromatic N) is 1. The van der Waals surface area contributed by atoms with Crippen molar-refractivity contribution in [2.45, 2.75) is 25.7 Å². The molecule has 5 nitrogen and oxygen atoms in total. The average molecular weight is 330 g/mol. The highest BCUT2D eigenvalue weighted by Crippen LogP contribution is 2.35. The van der Waals surface area contributed by atoms with Crippen LogP contribution in [0.5, 0.6) is 0 Å². The van der Waals surface area contributed by atoms with E-state index >= 15 is 0 Å². The molecule has 0 saturated heterocycles. The fourth-order valence-corrected chi connectivity index (χ4v) is 3.17. The lowest BCUT2D eigenvalue weighted by molar-refractivity contribution is -0.140. The average Bonchev–Trinajstić information content (AvgIpc) is 2.58. The molecule has 1 aromatic rings. The molecule has 23 heavy (non-hydrogen) atoms. The third-order valence-corrected chi connectivity index (χ3v) is 4.35. The Labute approximate surface area is 139 Å². The SMILES string of the molecule is CCCOC(=O)CSC1=C(C#N)[C@@H](c2ccccc2)CC(=O)N1. The fraction of sp³-hybridized carbons (Fsp3) is 0.353. The monoisotopic (exact) mass is 330 g/mol. The molecule has 1 N–H and O–H groups in total. The number of hydrogen-bond donors (Lipinski definition) is 1. The molecule has 120 valence electrons. The molecule has 0 saturated carbocycles. The molecule has 1 aliphatic heterocycles.